The average molecular weight is 349 g/mol. The first-order chi connectivity index (χ1) is 12.0. The molecule has 0 aromatic carbocycles. The molecule has 0 spiro atoms. The van der Waals surface area contributed by atoms with Gasteiger partial charge in [0.1, 0.15) is 0 Å². The van der Waals surface area contributed by atoms with Crippen LogP contribution in [0.5, 0.6) is 0 Å². The second kappa shape index (κ2) is 7.54. The van der Waals surface area contributed by atoms with Gasteiger partial charge in [0.25, 0.3) is 0 Å². The van der Waals surface area contributed by atoms with Crippen LogP contribution in [0.2, 0.25) is 0 Å². The fourth-order valence-electron chi connectivity index (χ4n) is 4.39. The summed E-state index contributed by atoms with van der Waals surface area (Å²) < 4.78 is 5.74. The van der Waals surface area contributed by atoms with E-state index >= 15 is 0 Å². The summed E-state index contributed by atoms with van der Waals surface area (Å²) in [5, 5.41) is 16.9. The summed E-state index contributed by atoms with van der Waals surface area (Å²) in [5.41, 5.74) is -0.140. The van der Waals surface area contributed by atoms with Crippen molar-refractivity contribution in [1.29, 1.82) is 0 Å². The van der Waals surface area contributed by atoms with Gasteiger partial charge in [0.05, 0.1) is 5.41 Å². The van der Waals surface area contributed by atoms with Crippen molar-refractivity contribution in [3.05, 3.63) is 11.8 Å². The summed E-state index contributed by atoms with van der Waals surface area (Å²) >= 11 is 0. The first kappa shape index (κ1) is 17.9. The second-order valence-corrected chi connectivity index (χ2v) is 7.45. The van der Waals surface area contributed by atoms with Crippen LogP contribution < -0.4 is 0 Å². The van der Waals surface area contributed by atoms with Crippen LogP contribution in [0.25, 0.3) is 0 Å². The normalized spacial score (nSPS) is 25.3. The number of carboxylic acid groups (broad SMARTS) is 1. The zero-order valence-corrected chi connectivity index (χ0v) is 14.9. The van der Waals surface area contributed by atoms with Crippen molar-refractivity contribution in [1.82, 2.24) is 15.1 Å². The van der Waals surface area contributed by atoms with Crippen molar-refractivity contribution in [2.24, 2.45) is 5.92 Å². The summed E-state index contributed by atoms with van der Waals surface area (Å²) in [6.07, 6.45) is 7.32. The van der Waals surface area contributed by atoms with Crippen molar-refractivity contribution >= 4 is 11.9 Å². The molecule has 2 aliphatic rings. The lowest BCUT2D eigenvalue weighted by molar-refractivity contribution is -0.137. The minimum atomic E-state index is -0.749. The Morgan fingerprint density at radius 2 is 2.00 bits per heavy atom. The number of nitrogens with zero attached hydrogens (tertiary/aromatic N) is 3. The summed E-state index contributed by atoms with van der Waals surface area (Å²) in [4.78, 5) is 25.0. The Balaban J connectivity index is 1.50. The van der Waals surface area contributed by atoms with E-state index in [2.05, 4.69) is 10.2 Å². The number of hydrogen-bond acceptors (Lipinski definition) is 5. The maximum atomic E-state index is 12.6. The first-order valence-corrected chi connectivity index (χ1v) is 9.31. The highest BCUT2D eigenvalue weighted by molar-refractivity contribution is 5.76. The van der Waals surface area contributed by atoms with E-state index in [0.717, 1.165) is 45.1 Å². The highest BCUT2D eigenvalue weighted by Gasteiger charge is 2.54. The number of unbranched alkanes of at least 4 members (excludes halogenated alkanes) is 3. The molecule has 1 amide bonds. The van der Waals surface area contributed by atoms with Crippen LogP contribution in [0.4, 0.5) is 0 Å². The number of rotatable bonds is 8. The Hall–Kier alpha value is -1.92. The van der Waals surface area contributed by atoms with E-state index in [9.17, 15) is 9.59 Å². The number of hydrogen-bond donors (Lipinski definition) is 1. The molecule has 2 fully saturated rings. The van der Waals surface area contributed by atoms with E-state index < -0.39 is 5.97 Å². The minimum Gasteiger partial charge on any atom is -0.481 e. The van der Waals surface area contributed by atoms with E-state index in [0.29, 0.717) is 37.1 Å². The zero-order chi connectivity index (χ0) is 17.9. The second-order valence-electron chi connectivity index (χ2n) is 7.45. The number of carbonyl (C=O) groups is 2. The third kappa shape index (κ3) is 3.85. The van der Waals surface area contributed by atoms with Gasteiger partial charge in [-0.05, 0) is 31.6 Å². The molecule has 2 atom stereocenters. The lowest BCUT2D eigenvalue weighted by atomic mass is 9.80. The monoisotopic (exact) mass is 349 g/mol. The molecule has 7 nitrogen and oxygen atoms in total. The molecule has 1 aromatic heterocycles. The van der Waals surface area contributed by atoms with Gasteiger partial charge in [-0.15, -0.1) is 10.2 Å². The molecular weight excluding hydrogens is 322 g/mol. The van der Waals surface area contributed by atoms with Gasteiger partial charge in [-0.3, -0.25) is 9.59 Å². The van der Waals surface area contributed by atoms with Crippen molar-refractivity contribution in [3.63, 3.8) is 0 Å². The number of amides is 1. The Morgan fingerprint density at radius 3 is 2.68 bits per heavy atom. The molecule has 1 saturated carbocycles. The Kier molecular flexibility index (Phi) is 5.39. The van der Waals surface area contributed by atoms with Crippen LogP contribution in [0.1, 0.15) is 69.6 Å². The first-order valence-electron chi connectivity index (χ1n) is 9.31. The fraction of sp³-hybridized carbons (Fsp3) is 0.778. The third-order valence-corrected chi connectivity index (χ3v) is 5.71. The molecule has 1 saturated heterocycles. The third-order valence-electron chi connectivity index (χ3n) is 5.71. The van der Waals surface area contributed by atoms with Crippen LogP contribution in [-0.4, -0.2) is 45.2 Å². The molecule has 0 unspecified atom stereocenters. The lowest BCUT2D eigenvalue weighted by Gasteiger charge is -2.24. The van der Waals surface area contributed by atoms with Crippen LogP contribution in [0.3, 0.4) is 0 Å². The van der Waals surface area contributed by atoms with Gasteiger partial charge >= 0.3 is 5.97 Å². The maximum absolute atomic E-state index is 12.6. The van der Waals surface area contributed by atoms with Crippen molar-refractivity contribution in [2.75, 3.05) is 13.1 Å². The Bertz CT molecular complexity index is 630. The van der Waals surface area contributed by atoms with Crippen LogP contribution in [0.15, 0.2) is 4.42 Å². The molecular formula is C18H27N3O4. The zero-order valence-electron chi connectivity index (χ0n) is 14.9. The molecule has 1 N–H and O–H groups in total. The molecule has 1 aliphatic heterocycles. The average Bonchev–Trinajstić information content (AvgIpc) is 3.23. The number of carbonyl (C=O) groups excluding carboxylic acids is 1. The maximum Gasteiger partial charge on any atom is 0.303 e. The summed E-state index contributed by atoms with van der Waals surface area (Å²) in [6, 6.07) is 0. The molecule has 3 rings (SSSR count). The van der Waals surface area contributed by atoms with Crippen LogP contribution >= 0.6 is 0 Å². The van der Waals surface area contributed by atoms with Crippen molar-refractivity contribution in [2.45, 2.75) is 70.1 Å². The summed E-state index contributed by atoms with van der Waals surface area (Å²) in [6.45, 7) is 3.29. The molecule has 25 heavy (non-hydrogen) atoms. The van der Waals surface area contributed by atoms with Gasteiger partial charge in [-0.2, -0.15) is 0 Å². The van der Waals surface area contributed by atoms with Gasteiger partial charge in [0, 0.05) is 32.9 Å². The molecule has 2 heterocycles. The lowest BCUT2D eigenvalue weighted by Crippen LogP contribution is -2.34. The van der Waals surface area contributed by atoms with Gasteiger partial charge in [0.2, 0.25) is 17.7 Å². The standard InChI is InChI=1S/C18H27N3O4/c1-13-19-20-17(25-13)18-10-6-7-14(18)11-21(12-18)15(22)8-4-2-3-5-9-16(23)24/h14H,2-12H2,1H3,(H,23,24)/t14-,18-/m0/s1. The van der Waals surface area contributed by atoms with E-state index in [1.807, 2.05) is 4.90 Å². The smallest absolute Gasteiger partial charge is 0.303 e. The van der Waals surface area contributed by atoms with Crippen molar-refractivity contribution < 1.29 is 19.1 Å². The topological polar surface area (TPSA) is 96.5 Å². The fourth-order valence-corrected chi connectivity index (χ4v) is 4.39. The number of aliphatic carboxylic acids is 1. The number of fused-ring (bicyclic) bond motifs is 1. The summed E-state index contributed by atoms with van der Waals surface area (Å²) in [7, 11) is 0. The highest BCUT2D eigenvalue weighted by Crippen LogP contribution is 2.50. The largest absolute Gasteiger partial charge is 0.481 e. The van der Waals surface area contributed by atoms with Crippen LogP contribution in [-0.2, 0) is 15.0 Å². The number of aryl methyl sites for hydroxylation is 1. The molecule has 1 aromatic rings. The van der Waals surface area contributed by atoms with Gasteiger partial charge in [-0.1, -0.05) is 19.3 Å². The van der Waals surface area contributed by atoms with Crippen LogP contribution in [0, 0.1) is 12.8 Å². The molecule has 138 valence electrons. The SMILES string of the molecule is Cc1nnc([C@]23CCC[C@H]2CN(C(=O)CCCCCCC(=O)O)C3)o1. The van der Waals surface area contributed by atoms with Crippen molar-refractivity contribution in [3.8, 4) is 0 Å². The number of likely N-dealkylation sites (tertiary alicyclic amines) is 1. The Labute approximate surface area is 147 Å². The highest BCUT2D eigenvalue weighted by atomic mass is 16.4. The number of carboxylic acids is 1. The molecule has 7 heteroatoms. The molecule has 1 aliphatic carbocycles. The van der Waals surface area contributed by atoms with E-state index in [1.165, 1.54) is 0 Å². The molecule has 0 radical (unpaired) electrons. The minimum absolute atomic E-state index is 0.140. The predicted molar refractivity (Wildman–Crippen MR) is 90.0 cm³/mol. The van der Waals surface area contributed by atoms with E-state index in [1.54, 1.807) is 6.92 Å². The number of aromatic nitrogens is 2. The predicted octanol–water partition coefficient (Wildman–Crippen LogP) is 2.68. The van der Waals surface area contributed by atoms with E-state index in [-0.39, 0.29) is 17.7 Å². The van der Waals surface area contributed by atoms with Gasteiger partial charge < -0.3 is 14.4 Å². The molecule has 0 bridgehead atoms. The summed E-state index contributed by atoms with van der Waals surface area (Å²) in [5.74, 6) is 1.16. The quantitative estimate of drug-likeness (QED) is 0.725. The van der Waals surface area contributed by atoms with E-state index in [4.69, 9.17) is 9.52 Å². The van der Waals surface area contributed by atoms with Gasteiger partial charge in [0.15, 0.2) is 0 Å². The van der Waals surface area contributed by atoms with Gasteiger partial charge in [-0.25, -0.2) is 0 Å². The Morgan fingerprint density at radius 1 is 1.24 bits per heavy atom.